The summed E-state index contributed by atoms with van der Waals surface area (Å²) in [5, 5.41) is 8.63. The number of carbonyl (C=O) groups is 1. The van der Waals surface area contributed by atoms with Crippen molar-refractivity contribution < 1.29 is 60.6 Å². The summed E-state index contributed by atoms with van der Waals surface area (Å²) < 4.78 is 14.4. The van der Waals surface area contributed by atoms with E-state index in [1.54, 1.807) is 35.7 Å². The first kappa shape index (κ1) is 25.1. The molecule has 1 atom stereocenters. The zero-order valence-electron chi connectivity index (χ0n) is 18.4. The molecule has 3 aromatic rings. The Bertz CT molecular complexity index is 1170. The topological polar surface area (TPSA) is 66.4 Å². The van der Waals surface area contributed by atoms with E-state index in [4.69, 9.17) is 0 Å². The fraction of sp³-hybridized carbons (Fsp3) is 0.250. The fourth-order valence-corrected chi connectivity index (χ4v) is 3.79. The third-order valence-electron chi connectivity index (χ3n) is 5.06. The van der Waals surface area contributed by atoms with Crippen molar-refractivity contribution in [2.24, 2.45) is 4.99 Å². The van der Waals surface area contributed by atoms with Gasteiger partial charge in [0.05, 0.1) is 5.56 Å². The van der Waals surface area contributed by atoms with Crippen molar-refractivity contribution in [1.29, 1.82) is 0 Å². The molecule has 1 aromatic carbocycles. The van der Waals surface area contributed by atoms with Gasteiger partial charge in [-0.05, 0) is 55.5 Å². The van der Waals surface area contributed by atoms with Crippen LogP contribution in [0.5, 0.6) is 0 Å². The fourth-order valence-electron chi connectivity index (χ4n) is 3.16. The Morgan fingerprint density at radius 1 is 1.34 bits per heavy atom. The first-order valence-electron chi connectivity index (χ1n) is 10.1. The van der Waals surface area contributed by atoms with Gasteiger partial charge in [-0.1, -0.05) is 12.3 Å². The Morgan fingerprint density at radius 2 is 2.16 bits per heavy atom. The summed E-state index contributed by atoms with van der Waals surface area (Å²) >= 11 is 1.63. The number of aryl methyl sites for hydroxylation is 1. The number of nitrogens with one attached hydrogen (secondary N) is 2. The molecule has 2 aromatic heterocycles. The number of anilines is 1. The molecule has 0 aliphatic heterocycles. The number of thiophene rings is 1. The smallest absolute Gasteiger partial charge is 0.560 e. The molecule has 4 rings (SSSR count). The van der Waals surface area contributed by atoms with E-state index >= 15 is 0 Å². The molecule has 160 valence electrons. The molecule has 32 heavy (non-hydrogen) atoms. The summed E-state index contributed by atoms with van der Waals surface area (Å²) in [5.41, 5.74) is 2.45. The van der Waals surface area contributed by atoms with E-state index in [9.17, 15) is 9.18 Å². The van der Waals surface area contributed by atoms with Crippen LogP contribution in [0, 0.1) is 18.9 Å². The van der Waals surface area contributed by atoms with E-state index in [2.05, 4.69) is 26.8 Å². The SMILES string of the molecule is Cc1cc(=NC=[C-]NC(C)c2cc(NC(=O)c3ccc(C4CC4)nc3)ccc2F)[cH-]s1.[K+]. The average Bonchev–Trinajstić information content (AvgIpc) is 3.54. The van der Waals surface area contributed by atoms with Crippen molar-refractivity contribution in [2.45, 2.75) is 38.6 Å². The van der Waals surface area contributed by atoms with Crippen LogP contribution in [0.4, 0.5) is 10.1 Å². The second-order valence-corrected chi connectivity index (χ2v) is 8.74. The maximum atomic E-state index is 14.4. The Morgan fingerprint density at radius 3 is 2.81 bits per heavy atom. The number of halogens is 1. The van der Waals surface area contributed by atoms with Crippen molar-refractivity contribution in [1.82, 2.24) is 10.3 Å². The van der Waals surface area contributed by atoms with E-state index in [-0.39, 0.29) is 69.2 Å². The van der Waals surface area contributed by atoms with Gasteiger partial charge in [0.25, 0.3) is 5.91 Å². The van der Waals surface area contributed by atoms with Crippen molar-refractivity contribution in [3.63, 3.8) is 0 Å². The largest absolute Gasteiger partial charge is 1.00 e. The number of benzene rings is 1. The average molecular weight is 474 g/mol. The Labute approximate surface area is 233 Å². The summed E-state index contributed by atoms with van der Waals surface area (Å²) in [6, 6.07) is 9.82. The zero-order chi connectivity index (χ0) is 21.8. The number of hydrogen-bond donors (Lipinski definition) is 2. The Balaban J connectivity index is 0.00000289. The quantitative estimate of drug-likeness (QED) is 0.313. The van der Waals surface area contributed by atoms with Crippen LogP contribution in [-0.4, -0.2) is 10.9 Å². The first-order valence-corrected chi connectivity index (χ1v) is 11.0. The summed E-state index contributed by atoms with van der Waals surface area (Å²) in [5.74, 6) is -0.0937. The summed E-state index contributed by atoms with van der Waals surface area (Å²) in [7, 11) is 0. The molecule has 0 spiro atoms. The molecule has 1 fully saturated rings. The maximum absolute atomic E-state index is 14.4. The molecule has 1 unspecified atom stereocenters. The summed E-state index contributed by atoms with van der Waals surface area (Å²) in [6.07, 6.45) is 8.32. The minimum atomic E-state index is -0.361. The number of pyridine rings is 1. The van der Waals surface area contributed by atoms with Crippen LogP contribution in [0.15, 0.2) is 59.2 Å². The monoisotopic (exact) mass is 473 g/mol. The molecule has 1 aliphatic carbocycles. The molecule has 0 radical (unpaired) electrons. The van der Waals surface area contributed by atoms with Crippen LogP contribution in [0.3, 0.4) is 0 Å². The predicted molar refractivity (Wildman–Crippen MR) is 120 cm³/mol. The number of rotatable bonds is 7. The van der Waals surface area contributed by atoms with E-state index in [0.717, 1.165) is 23.9 Å². The van der Waals surface area contributed by atoms with Crippen molar-refractivity contribution in [3.8, 4) is 0 Å². The molecule has 5 nitrogen and oxygen atoms in total. The summed E-state index contributed by atoms with van der Waals surface area (Å²) in [6.45, 7) is 3.84. The van der Waals surface area contributed by atoms with E-state index in [0.29, 0.717) is 22.7 Å². The molecule has 1 amide bonds. The van der Waals surface area contributed by atoms with Crippen LogP contribution in [-0.2, 0) is 0 Å². The van der Waals surface area contributed by atoms with Gasteiger partial charge in [-0.3, -0.25) is 21.1 Å². The van der Waals surface area contributed by atoms with Gasteiger partial charge >= 0.3 is 51.4 Å². The minimum absolute atomic E-state index is 0. The molecule has 8 heteroatoms. The third-order valence-corrected chi connectivity index (χ3v) is 5.91. The van der Waals surface area contributed by atoms with Gasteiger partial charge in [-0.25, -0.2) is 4.39 Å². The van der Waals surface area contributed by atoms with Gasteiger partial charge in [-0.2, -0.15) is 6.07 Å². The second-order valence-electron chi connectivity index (χ2n) is 7.62. The van der Waals surface area contributed by atoms with Crippen molar-refractivity contribution in [2.75, 3.05) is 5.32 Å². The van der Waals surface area contributed by atoms with Crippen LogP contribution >= 0.6 is 11.3 Å². The number of aromatic nitrogens is 1. The predicted octanol–water partition coefficient (Wildman–Crippen LogP) is 1.97. The molecular formula is C24H23FKN4OS-. The number of hydrogen-bond acceptors (Lipinski definition) is 5. The number of nitrogens with zero attached hydrogens (tertiary/aromatic N) is 2. The number of amides is 1. The van der Waals surface area contributed by atoms with E-state index in [1.165, 1.54) is 17.1 Å². The molecule has 1 saturated carbocycles. The van der Waals surface area contributed by atoms with Crippen LogP contribution in [0.2, 0.25) is 0 Å². The Kier molecular flexibility index (Phi) is 9.04. The summed E-state index contributed by atoms with van der Waals surface area (Å²) in [4.78, 5) is 22.4. The van der Waals surface area contributed by atoms with Gasteiger partial charge in [0.2, 0.25) is 0 Å². The molecular weight excluding hydrogens is 450 g/mol. The van der Waals surface area contributed by atoms with Crippen LogP contribution in [0.25, 0.3) is 0 Å². The van der Waals surface area contributed by atoms with Crippen molar-refractivity contribution in [3.05, 3.63) is 93.2 Å². The van der Waals surface area contributed by atoms with Gasteiger partial charge in [-0.15, -0.1) is 11.1 Å². The van der Waals surface area contributed by atoms with Gasteiger partial charge in [0.1, 0.15) is 5.82 Å². The molecule has 0 saturated heterocycles. The first-order chi connectivity index (χ1) is 15.0. The molecule has 0 bridgehead atoms. The van der Waals surface area contributed by atoms with Gasteiger partial charge in [0, 0.05) is 35.1 Å². The standard InChI is InChI=1S/C24H23FN4OS.K/c1-15-11-20(14-31-15)27-10-9-26-16(2)21-12-19(6-7-22(21)25)29-24(30)18-5-8-23(28-13-18)17-3-4-17;/h5-8,10-14,16-17,26H,3-4H2,1-2H3,(H,29,30);/q-2;+1. The molecule has 1 aliphatic rings. The van der Waals surface area contributed by atoms with E-state index < -0.39 is 0 Å². The second kappa shape index (κ2) is 11.5. The van der Waals surface area contributed by atoms with Crippen LogP contribution < -0.4 is 67.4 Å². The Hall–Kier alpha value is -1.55. The third kappa shape index (κ3) is 6.73. The molecule has 2 N–H and O–H groups in total. The zero-order valence-corrected chi connectivity index (χ0v) is 22.3. The molecule has 2 heterocycles. The van der Waals surface area contributed by atoms with Gasteiger partial charge < -0.3 is 21.8 Å². The number of carbonyl (C=O) groups excluding carboxylic acids is 1. The van der Waals surface area contributed by atoms with E-state index in [1.807, 2.05) is 31.4 Å². The maximum Gasteiger partial charge on any atom is 1.00 e. The normalized spacial score (nSPS) is 14.8. The van der Waals surface area contributed by atoms with Crippen molar-refractivity contribution >= 4 is 22.9 Å². The van der Waals surface area contributed by atoms with Gasteiger partial charge in [0.15, 0.2) is 0 Å². The minimum Gasteiger partial charge on any atom is -0.560 e. The van der Waals surface area contributed by atoms with Crippen LogP contribution in [0.1, 0.15) is 58.2 Å².